The molecule has 13 heavy (non-hydrogen) atoms. The SMILES string of the molecule is CC(=NOCC(=O)O)C1CCOC1. The Kier molecular flexibility index (Phi) is 3.70. The molecule has 0 aromatic rings. The second kappa shape index (κ2) is 4.81. The van der Waals surface area contributed by atoms with Gasteiger partial charge in [0.2, 0.25) is 6.61 Å². The monoisotopic (exact) mass is 187 g/mol. The quantitative estimate of drug-likeness (QED) is 0.514. The van der Waals surface area contributed by atoms with Gasteiger partial charge in [-0.2, -0.15) is 0 Å². The van der Waals surface area contributed by atoms with Crippen LogP contribution in [0.15, 0.2) is 5.16 Å². The Morgan fingerprint density at radius 1 is 1.77 bits per heavy atom. The summed E-state index contributed by atoms with van der Waals surface area (Å²) >= 11 is 0. The molecule has 0 radical (unpaired) electrons. The summed E-state index contributed by atoms with van der Waals surface area (Å²) in [5.41, 5.74) is 0.804. The number of rotatable bonds is 4. The van der Waals surface area contributed by atoms with E-state index < -0.39 is 5.97 Å². The summed E-state index contributed by atoms with van der Waals surface area (Å²) in [4.78, 5) is 14.7. The van der Waals surface area contributed by atoms with Gasteiger partial charge in [0.1, 0.15) is 0 Å². The second-order valence-corrected chi connectivity index (χ2v) is 2.96. The van der Waals surface area contributed by atoms with E-state index in [0.29, 0.717) is 6.61 Å². The maximum absolute atomic E-state index is 10.1. The predicted octanol–water partition coefficient (Wildman–Crippen LogP) is 0.500. The Hall–Kier alpha value is -1.10. The van der Waals surface area contributed by atoms with E-state index in [1.54, 1.807) is 0 Å². The van der Waals surface area contributed by atoms with Gasteiger partial charge in [0.15, 0.2) is 0 Å². The van der Waals surface area contributed by atoms with Crippen molar-refractivity contribution in [2.75, 3.05) is 19.8 Å². The van der Waals surface area contributed by atoms with Gasteiger partial charge in [-0.3, -0.25) is 0 Å². The second-order valence-electron chi connectivity index (χ2n) is 2.96. The molecule has 0 aliphatic carbocycles. The van der Waals surface area contributed by atoms with E-state index in [0.717, 1.165) is 18.7 Å². The minimum atomic E-state index is -1.01. The Bertz CT molecular complexity index is 208. The molecule has 0 bridgehead atoms. The number of hydrogen-bond acceptors (Lipinski definition) is 4. The van der Waals surface area contributed by atoms with E-state index in [2.05, 4.69) is 9.99 Å². The number of carboxylic acid groups (broad SMARTS) is 1. The van der Waals surface area contributed by atoms with E-state index >= 15 is 0 Å². The zero-order chi connectivity index (χ0) is 9.68. The summed E-state index contributed by atoms with van der Waals surface area (Å²) in [6.07, 6.45) is 0.936. The summed E-state index contributed by atoms with van der Waals surface area (Å²) in [5, 5.41) is 12.0. The molecule has 74 valence electrons. The molecule has 1 rings (SSSR count). The van der Waals surface area contributed by atoms with Gasteiger partial charge in [-0.15, -0.1) is 0 Å². The first-order valence-corrected chi connectivity index (χ1v) is 4.16. The highest BCUT2D eigenvalue weighted by Gasteiger charge is 2.18. The van der Waals surface area contributed by atoms with Crippen LogP contribution in [0.1, 0.15) is 13.3 Å². The maximum atomic E-state index is 10.1. The molecular formula is C8H13NO4. The molecule has 0 aromatic carbocycles. The van der Waals surface area contributed by atoms with Crippen LogP contribution in [0.25, 0.3) is 0 Å². The first-order valence-electron chi connectivity index (χ1n) is 4.16. The van der Waals surface area contributed by atoms with Gasteiger partial charge in [-0.05, 0) is 13.3 Å². The molecule has 5 heteroatoms. The smallest absolute Gasteiger partial charge is 0.344 e. The van der Waals surface area contributed by atoms with Crippen LogP contribution < -0.4 is 0 Å². The highest BCUT2D eigenvalue weighted by atomic mass is 16.6. The minimum absolute atomic E-state index is 0.286. The van der Waals surface area contributed by atoms with Crippen molar-refractivity contribution < 1.29 is 19.5 Å². The van der Waals surface area contributed by atoms with Crippen LogP contribution >= 0.6 is 0 Å². The third kappa shape index (κ3) is 3.42. The zero-order valence-corrected chi connectivity index (χ0v) is 7.52. The average molecular weight is 187 g/mol. The van der Waals surface area contributed by atoms with Crippen molar-refractivity contribution in [1.82, 2.24) is 0 Å². The fourth-order valence-corrected chi connectivity index (χ4v) is 1.13. The van der Waals surface area contributed by atoms with Crippen LogP contribution in [0.2, 0.25) is 0 Å². The Morgan fingerprint density at radius 3 is 3.08 bits per heavy atom. The van der Waals surface area contributed by atoms with Crippen LogP contribution in [0.3, 0.4) is 0 Å². The van der Waals surface area contributed by atoms with E-state index in [1.807, 2.05) is 6.92 Å². The molecule has 1 saturated heterocycles. The van der Waals surface area contributed by atoms with Gasteiger partial charge >= 0.3 is 5.97 Å². The maximum Gasteiger partial charge on any atom is 0.344 e. The molecule has 1 atom stereocenters. The Labute approximate surface area is 76.3 Å². The van der Waals surface area contributed by atoms with Crippen LogP contribution in [0.4, 0.5) is 0 Å². The number of oxime groups is 1. The summed E-state index contributed by atoms with van der Waals surface area (Å²) < 4.78 is 5.15. The van der Waals surface area contributed by atoms with E-state index in [9.17, 15) is 4.79 Å². The highest BCUT2D eigenvalue weighted by Crippen LogP contribution is 2.13. The molecular weight excluding hydrogens is 174 g/mol. The van der Waals surface area contributed by atoms with Crippen molar-refractivity contribution in [3.8, 4) is 0 Å². The molecule has 5 nitrogen and oxygen atoms in total. The average Bonchev–Trinajstić information content (AvgIpc) is 2.55. The van der Waals surface area contributed by atoms with Crippen LogP contribution in [-0.4, -0.2) is 36.6 Å². The predicted molar refractivity (Wildman–Crippen MR) is 45.6 cm³/mol. The number of nitrogens with zero attached hydrogens (tertiary/aromatic N) is 1. The molecule has 1 fully saturated rings. The lowest BCUT2D eigenvalue weighted by molar-refractivity contribution is -0.142. The number of aliphatic carboxylic acids is 1. The minimum Gasteiger partial charge on any atom is -0.479 e. The third-order valence-electron chi connectivity index (χ3n) is 1.92. The summed E-state index contributed by atoms with van der Waals surface area (Å²) in [6, 6.07) is 0. The summed E-state index contributed by atoms with van der Waals surface area (Å²) in [6.45, 7) is 2.84. The number of carboxylic acids is 1. The molecule has 0 spiro atoms. The van der Waals surface area contributed by atoms with Crippen LogP contribution in [-0.2, 0) is 14.4 Å². The molecule has 1 unspecified atom stereocenters. The van der Waals surface area contributed by atoms with Gasteiger partial charge < -0.3 is 14.7 Å². The van der Waals surface area contributed by atoms with Gasteiger partial charge in [0, 0.05) is 12.5 Å². The standard InChI is InChI=1S/C8H13NO4/c1-6(7-2-3-12-4-7)9-13-5-8(10)11/h7H,2-5H2,1H3,(H,10,11). The fourth-order valence-electron chi connectivity index (χ4n) is 1.13. The largest absolute Gasteiger partial charge is 0.479 e. The van der Waals surface area contributed by atoms with E-state index in [-0.39, 0.29) is 12.5 Å². The fraction of sp³-hybridized carbons (Fsp3) is 0.750. The normalized spacial score (nSPS) is 23.2. The van der Waals surface area contributed by atoms with Gasteiger partial charge in [-0.1, -0.05) is 5.16 Å². The van der Waals surface area contributed by atoms with E-state index in [1.165, 1.54) is 0 Å². The molecule has 1 aliphatic rings. The zero-order valence-electron chi connectivity index (χ0n) is 7.52. The van der Waals surface area contributed by atoms with Gasteiger partial charge in [-0.25, -0.2) is 4.79 Å². The number of hydrogen-bond donors (Lipinski definition) is 1. The molecule has 0 amide bonds. The van der Waals surface area contributed by atoms with Crippen molar-refractivity contribution in [2.45, 2.75) is 13.3 Å². The third-order valence-corrected chi connectivity index (χ3v) is 1.92. The summed E-state index contributed by atoms with van der Waals surface area (Å²) in [5.74, 6) is -0.729. The van der Waals surface area contributed by atoms with Crippen molar-refractivity contribution >= 4 is 11.7 Å². The summed E-state index contributed by atoms with van der Waals surface area (Å²) in [7, 11) is 0. The molecule has 1 N–H and O–H groups in total. The lowest BCUT2D eigenvalue weighted by Crippen LogP contribution is -2.12. The number of carbonyl (C=O) groups is 1. The van der Waals surface area contributed by atoms with Crippen LogP contribution in [0, 0.1) is 5.92 Å². The Balaban J connectivity index is 2.28. The topological polar surface area (TPSA) is 68.1 Å². The molecule has 0 saturated carbocycles. The lowest BCUT2D eigenvalue weighted by Gasteiger charge is -2.05. The Morgan fingerprint density at radius 2 is 2.54 bits per heavy atom. The van der Waals surface area contributed by atoms with Crippen molar-refractivity contribution in [1.29, 1.82) is 0 Å². The molecule has 0 aromatic heterocycles. The van der Waals surface area contributed by atoms with Gasteiger partial charge in [0.25, 0.3) is 0 Å². The first-order chi connectivity index (χ1) is 6.20. The molecule has 1 aliphatic heterocycles. The van der Waals surface area contributed by atoms with Crippen molar-refractivity contribution in [3.63, 3.8) is 0 Å². The lowest BCUT2D eigenvalue weighted by atomic mass is 10.1. The molecule has 1 heterocycles. The number of ether oxygens (including phenoxy) is 1. The van der Waals surface area contributed by atoms with E-state index in [4.69, 9.17) is 9.84 Å². The van der Waals surface area contributed by atoms with Gasteiger partial charge in [0.05, 0.1) is 12.3 Å². The van der Waals surface area contributed by atoms with Crippen molar-refractivity contribution in [3.05, 3.63) is 0 Å². The first kappa shape index (κ1) is 9.98. The van der Waals surface area contributed by atoms with Crippen LogP contribution in [0.5, 0.6) is 0 Å². The highest BCUT2D eigenvalue weighted by molar-refractivity contribution is 5.84. The van der Waals surface area contributed by atoms with Crippen molar-refractivity contribution in [2.24, 2.45) is 11.1 Å².